The fourth-order valence-corrected chi connectivity index (χ4v) is 2.17. The van der Waals surface area contributed by atoms with Crippen LogP contribution in [0.1, 0.15) is 30.6 Å². The van der Waals surface area contributed by atoms with E-state index >= 15 is 0 Å². The standard InChI is InChI=1S/C19H22N2O3/c1-13(2)12-18(22)20-15-6-4-14(5-7-15)19(23)21-16-8-10-17(24-3)11-9-16/h4-11,13H,12H2,1-3H3,(H,20,22)(H,21,23). The second-order valence-corrected chi connectivity index (χ2v) is 5.91. The molecule has 2 amide bonds. The first-order chi connectivity index (χ1) is 11.5. The van der Waals surface area contributed by atoms with Gasteiger partial charge in [0.2, 0.25) is 5.91 Å². The maximum atomic E-state index is 12.2. The molecule has 0 spiro atoms. The van der Waals surface area contributed by atoms with Gasteiger partial charge in [0, 0.05) is 23.4 Å². The molecule has 2 N–H and O–H groups in total. The molecule has 0 atom stereocenters. The van der Waals surface area contributed by atoms with E-state index in [0.29, 0.717) is 29.3 Å². The Morgan fingerprint density at radius 3 is 2.00 bits per heavy atom. The highest BCUT2D eigenvalue weighted by Crippen LogP contribution is 2.17. The Labute approximate surface area is 142 Å². The molecule has 0 bridgehead atoms. The van der Waals surface area contributed by atoms with Gasteiger partial charge in [-0.1, -0.05) is 13.8 Å². The molecule has 0 aliphatic carbocycles. The third-order valence-electron chi connectivity index (χ3n) is 3.37. The Morgan fingerprint density at radius 1 is 0.917 bits per heavy atom. The number of nitrogens with one attached hydrogen (secondary N) is 2. The highest BCUT2D eigenvalue weighted by Gasteiger charge is 2.08. The molecule has 126 valence electrons. The minimum absolute atomic E-state index is 0.0274. The van der Waals surface area contributed by atoms with Crippen molar-refractivity contribution in [1.82, 2.24) is 0 Å². The number of hydrogen-bond acceptors (Lipinski definition) is 3. The molecule has 0 unspecified atom stereocenters. The van der Waals surface area contributed by atoms with Crippen LogP contribution in [-0.4, -0.2) is 18.9 Å². The highest BCUT2D eigenvalue weighted by molar-refractivity contribution is 6.04. The third kappa shape index (κ3) is 5.12. The first-order valence-corrected chi connectivity index (χ1v) is 7.83. The quantitative estimate of drug-likeness (QED) is 0.845. The smallest absolute Gasteiger partial charge is 0.255 e. The predicted octanol–water partition coefficient (Wildman–Crippen LogP) is 3.93. The molecule has 0 radical (unpaired) electrons. The summed E-state index contributed by atoms with van der Waals surface area (Å²) in [5.41, 5.74) is 1.89. The number of amides is 2. The van der Waals surface area contributed by atoms with Crippen molar-refractivity contribution in [2.45, 2.75) is 20.3 Å². The summed E-state index contributed by atoms with van der Waals surface area (Å²) in [5.74, 6) is 0.801. The van der Waals surface area contributed by atoms with Crippen molar-refractivity contribution in [1.29, 1.82) is 0 Å². The molecule has 0 saturated heterocycles. The van der Waals surface area contributed by atoms with E-state index in [1.54, 1.807) is 55.6 Å². The summed E-state index contributed by atoms with van der Waals surface area (Å²) in [6, 6.07) is 13.9. The maximum absolute atomic E-state index is 12.2. The Kier molecular flexibility index (Phi) is 5.95. The van der Waals surface area contributed by atoms with Crippen LogP contribution >= 0.6 is 0 Å². The molecule has 5 nitrogen and oxygen atoms in total. The van der Waals surface area contributed by atoms with Crippen LogP contribution in [0.15, 0.2) is 48.5 Å². The normalized spacial score (nSPS) is 10.3. The number of rotatable bonds is 6. The second kappa shape index (κ2) is 8.15. The van der Waals surface area contributed by atoms with Crippen molar-refractivity contribution in [3.05, 3.63) is 54.1 Å². The molecule has 24 heavy (non-hydrogen) atoms. The zero-order valence-electron chi connectivity index (χ0n) is 14.1. The number of ether oxygens (including phenoxy) is 1. The Hall–Kier alpha value is -2.82. The molecule has 2 aromatic rings. The van der Waals surface area contributed by atoms with Crippen LogP contribution in [0, 0.1) is 5.92 Å². The zero-order valence-corrected chi connectivity index (χ0v) is 14.1. The predicted molar refractivity (Wildman–Crippen MR) is 95.5 cm³/mol. The van der Waals surface area contributed by atoms with Crippen LogP contribution in [0.3, 0.4) is 0 Å². The summed E-state index contributed by atoms with van der Waals surface area (Å²) in [6.45, 7) is 3.98. The molecule has 0 aliphatic rings. The van der Waals surface area contributed by atoms with Gasteiger partial charge in [0.1, 0.15) is 5.75 Å². The molecule has 0 fully saturated rings. The van der Waals surface area contributed by atoms with E-state index in [9.17, 15) is 9.59 Å². The van der Waals surface area contributed by atoms with E-state index in [-0.39, 0.29) is 11.8 Å². The summed E-state index contributed by atoms with van der Waals surface area (Å²) in [6.07, 6.45) is 0.472. The van der Waals surface area contributed by atoms with Crippen LogP contribution in [0.5, 0.6) is 5.75 Å². The lowest BCUT2D eigenvalue weighted by molar-refractivity contribution is -0.116. The summed E-state index contributed by atoms with van der Waals surface area (Å²) in [5, 5.41) is 5.63. The Bertz CT molecular complexity index is 692. The van der Waals surface area contributed by atoms with Gasteiger partial charge in [-0.3, -0.25) is 9.59 Å². The molecule has 0 saturated carbocycles. The topological polar surface area (TPSA) is 67.4 Å². The monoisotopic (exact) mass is 326 g/mol. The summed E-state index contributed by atoms with van der Waals surface area (Å²) in [4.78, 5) is 24.0. The summed E-state index contributed by atoms with van der Waals surface area (Å²) >= 11 is 0. The number of carbonyl (C=O) groups is 2. The third-order valence-corrected chi connectivity index (χ3v) is 3.37. The average Bonchev–Trinajstić information content (AvgIpc) is 2.55. The number of benzene rings is 2. The maximum Gasteiger partial charge on any atom is 0.255 e. The van der Waals surface area contributed by atoms with Gasteiger partial charge in [0.05, 0.1) is 7.11 Å². The van der Waals surface area contributed by atoms with Gasteiger partial charge in [0.25, 0.3) is 5.91 Å². The summed E-state index contributed by atoms with van der Waals surface area (Å²) in [7, 11) is 1.59. The SMILES string of the molecule is COc1ccc(NC(=O)c2ccc(NC(=O)CC(C)C)cc2)cc1. The second-order valence-electron chi connectivity index (χ2n) is 5.91. The van der Waals surface area contributed by atoms with Gasteiger partial charge in [0.15, 0.2) is 0 Å². The van der Waals surface area contributed by atoms with Gasteiger partial charge >= 0.3 is 0 Å². The number of methoxy groups -OCH3 is 1. The Morgan fingerprint density at radius 2 is 1.46 bits per heavy atom. The van der Waals surface area contributed by atoms with Crippen molar-refractivity contribution in [2.75, 3.05) is 17.7 Å². The fourth-order valence-electron chi connectivity index (χ4n) is 2.17. The van der Waals surface area contributed by atoms with E-state index in [0.717, 1.165) is 5.75 Å². The van der Waals surface area contributed by atoms with E-state index in [1.807, 2.05) is 13.8 Å². The van der Waals surface area contributed by atoms with E-state index < -0.39 is 0 Å². The molecule has 5 heteroatoms. The van der Waals surface area contributed by atoms with Gasteiger partial charge < -0.3 is 15.4 Å². The van der Waals surface area contributed by atoms with Gasteiger partial charge in [-0.2, -0.15) is 0 Å². The minimum atomic E-state index is -0.208. The molecule has 2 rings (SSSR count). The number of carbonyl (C=O) groups excluding carboxylic acids is 2. The molecular weight excluding hydrogens is 304 g/mol. The summed E-state index contributed by atoms with van der Waals surface area (Å²) < 4.78 is 5.08. The van der Waals surface area contributed by atoms with Crippen LogP contribution in [0.25, 0.3) is 0 Å². The molecule has 2 aromatic carbocycles. The van der Waals surface area contributed by atoms with Crippen molar-refractivity contribution in [3.8, 4) is 5.75 Å². The van der Waals surface area contributed by atoms with E-state index in [2.05, 4.69) is 10.6 Å². The zero-order chi connectivity index (χ0) is 17.5. The van der Waals surface area contributed by atoms with Crippen molar-refractivity contribution in [3.63, 3.8) is 0 Å². The highest BCUT2D eigenvalue weighted by atomic mass is 16.5. The van der Waals surface area contributed by atoms with Crippen molar-refractivity contribution >= 4 is 23.2 Å². The van der Waals surface area contributed by atoms with Crippen LogP contribution < -0.4 is 15.4 Å². The average molecular weight is 326 g/mol. The number of hydrogen-bond donors (Lipinski definition) is 2. The Balaban J connectivity index is 1.96. The van der Waals surface area contributed by atoms with Gasteiger partial charge in [-0.15, -0.1) is 0 Å². The van der Waals surface area contributed by atoms with E-state index in [1.165, 1.54) is 0 Å². The lowest BCUT2D eigenvalue weighted by Crippen LogP contribution is -2.14. The van der Waals surface area contributed by atoms with E-state index in [4.69, 9.17) is 4.74 Å². The van der Waals surface area contributed by atoms with Crippen LogP contribution in [0.2, 0.25) is 0 Å². The lowest BCUT2D eigenvalue weighted by atomic mass is 10.1. The first-order valence-electron chi connectivity index (χ1n) is 7.83. The minimum Gasteiger partial charge on any atom is -0.497 e. The first kappa shape index (κ1) is 17.5. The van der Waals surface area contributed by atoms with Crippen molar-refractivity contribution < 1.29 is 14.3 Å². The number of anilines is 2. The molecule has 0 heterocycles. The lowest BCUT2D eigenvalue weighted by Gasteiger charge is -2.09. The van der Waals surface area contributed by atoms with Crippen LogP contribution in [-0.2, 0) is 4.79 Å². The largest absolute Gasteiger partial charge is 0.497 e. The van der Waals surface area contributed by atoms with Crippen molar-refractivity contribution in [2.24, 2.45) is 5.92 Å². The van der Waals surface area contributed by atoms with Gasteiger partial charge in [-0.25, -0.2) is 0 Å². The molecule has 0 aromatic heterocycles. The molecule has 0 aliphatic heterocycles. The fraction of sp³-hybridized carbons (Fsp3) is 0.263. The van der Waals surface area contributed by atoms with Gasteiger partial charge in [-0.05, 0) is 54.4 Å². The molecular formula is C19H22N2O3. The van der Waals surface area contributed by atoms with Crippen LogP contribution in [0.4, 0.5) is 11.4 Å².